The van der Waals surface area contributed by atoms with E-state index in [2.05, 4.69) is 51.5 Å². The van der Waals surface area contributed by atoms with Gasteiger partial charge in [-0.25, -0.2) is 0 Å². The predicted molar refractivity (Wildman–Crippen MR) is 115 cm³/mol. The summed E-state index contributed by atoms with van der Waals surface area (Å²) in [6.45, 7) is 5.38. The van der Waals surface area contributed by atoms with E-state index in [1.165, 1.54) is 23.3 Å². The summed E-state index contributed by atoms with van der Waals surface area (Å²) in [5.74, 6) is 0.976. The Labute approximate surface area is 180 Å². The summed E-state index contributed by atoms with van der Waals surface area (Å²) >= 11 is 0. The number of aromatic nitrogens is 2. The molecule has 158 valence electrons. The summed E-state index contributed by atoms with van der Waals surface area (Å²) in [7, 11) is 0. The number of rotatable bonds is 6. The monoisotopic (exact) mass is 429 g/mol. The minimum Gasteiger partial charge on any atom is -0.338 e. The summed E-state index contributed by atoms with van der Waals surface area (Å²) in [6.07, 6.45) is 1.03. The van der Waals surface area contributed by atoms with Gasteiger partial charge in [-0.05, 0) is 29.7 Å². The fourth-order valence-electron chi connectivity index (χ4n) is 3.58. The second kappa shape index (κ2) is 9.80. The van der Waals surface area contributed by atoms with Crippen LogP contribution in [-0.2, 0) is 13.0 Å². The van der Waals surface area contributed by atoms with Crippen LogP contribution in [0.4, 0.5) is 5.69 Å². The Morgan fingerprint density at radius 3 is 2.60 bits per heavy atom. The van der Waals surface area contributed by atoms with Crippen LogP contribution in [-0.4, -0.2) is 39.6 Å². The molecule has 2 aromatic carbocycles. The number of nitrogens with zero attached hydrogens (tertiary/aromatic N) is 4. The molecule has 0 aliphatic carbocycles. The number of nitro benzene ring substituents is 1. The summed E-state index contributed by atoms with van der Waals surface area (Å²) in [6, 6.07) is 15.1. The van der Waals surface area contributed by atoms with Crippen molar-refractivity contribution in [3.63, 3.8) is 0 Å². The minimum absolute atomic E-state index is 0. The normalized spacial score (nSPS) is 16.8. The molecule has 4 rings (SSSR count). The number of nitrogens with one attached hydrogen (secondary N) is 1. The largest absolute Gasteiger partial charge is 0.338 e. The molecule has 9 heteroatoms. The van der Waals surface area contributed by atoms with Gasteiger partial charge in [-0.1, -0.05) is 36.3 Å². The topological polar surface area (TPSA) is 97.3 Å². The zero-order valence-corrected chi connectivity index (χ0v) is 17.5. The average molecular weight is 430 g/mol. The van der Waals surface area contributed by atoms with E-state index in [0.717, 1.165) is 26.1 Å². The van der Waals surface area contributed by atoms with Crippen molar-refractivity contribution in [3.05, 3.63) is 75.7 Å². The lowest BCUT2D eigenvalue weighted by Gasteiger charge is -2.35. The highest BCUT2D eigenvalue weighted by Gasteiger charge is 2.25. The molecule has 8 nitrogen and oxygen atoms in total. The smallest absolute Gasteiger partial charge is 0.269 e. The number of nitro groups is 1. The molecule has 0 amide bonds. The summed E-state index contributed by atoms with van der Waals surface area (Å²) in [4.78, 5) is 17.2. The maximum atomic E-state index is 10.8. The van der Waals surface area contributed by atoms with Crippen molar-refractivity contribution in [1.29, 1.82) is 0 Å². The standard InChI is InChI=1S/C21H23N5O3.ClH/c1-2-15-3-5-16(6-4-15)19-13-22-11-12-25(19)14-20-23-21(24-29-20)17-7-9-18(10-8-17)26(27)28;/h3-10,19,22H,2,11-14H2,1H3;1H. The summed E-state index contributed by atoms with van der Waals surface area (Å²) in [5, 5.41) is 18.3. The third-order valence-corrected chi connectivity index (χ3v) is 5.27. The van der Waals surface area contributed by atoms with Gasteiger partial charge in [-0.3, -0.25) is 15.0 Å². The van der Waals surface area contributed by atoms with Gasteiger partial charge in [0.2, 0.25) is 11.7 Å². The third kappa shape index (κ3) is 4.84. The molecule has 1 saturated heterocycles. The van der Waals surface area contributed by atoms with Gasteiger partial charge in [-0.2, -0.15) is 4.98 Å². The van der Waals surface area contributed by atoms with E-state index >= 15 is 0 Å². The van der Waals surface area contributed by atoms with Gasteiger partial charge in [0.25, 0.3) is 5.69 Å². The Morgan fingerprint density at radius 1 is 1.20 bits per heavy atom. The van der Waals surface area contributed by atoms with E-state index in [1.54, 1.807) is 12.1 Å². The summed E-state index contributed by atoms with van der Waals surface area (Å²) in [5.41, 5.74) is 3.33. The first kappa shape index (κ1) is 21.9. The van der Waals surface area contributed by atoms with E-state index in [4.69, 9.17) is 4.52 Å². The second-order valence-electron chi connectivity index (χ2n) is 7.10. The van der Waals surface area contributed by atoms with Crippen molar-refractivity contribution in [3.8, 4) is 11.4 Å². The minimum atomic E-state index is -0.428. The van der Waals surface area contributed by atoms with Crippen molar-refractivity contribution in [2.24, 2.45) is 0 Å². The first-order chi connectivity index (χ1) is 14.1. The van der Waals surface area contributed by atoms with E-state index in [1.807, 2.05) is 0 Å². The zero-order chi connectivity index (χ0) is 20.2. The predicted octanol–water partition coefficient (Wildman–Crippen LogP) is 3.78. The average Bonchev–Trinajstić information content (AvgIpc) is 3.23. The molecule has 1 atom stereocenters. The van der Waals surface area contributed by atoms with Gasteiger partial charge in [0, 0.05) is 43.4 Å². The Bertz CT molecular complexity index is 975. The van der Waals surface area contributed by atoms with Crippen molar-refractivity contribution in [1.82, 2.24) is 20.4 Å². The van der Waals surface area contributed by atoms with Crippen LogP contribution in [0.15, 0.2) is 53.1 Å². The highest BCUT2D eigenvalue weighted by molar-refractivity contribution is 5.85. The van der Waals surface area contributed by atoms with Crippen molar-refractivity contribution < 1.29 is 9.45 Å². The van der Waals surface area contributed by atoms with E-state index in [9.17, 15) is 10.1 Å². The van der Waals surface area contributed by atoms with Gasteiger partial charge in [0.15, 0.2) is 0 Å². The lowest BCUT2D eigenvalue weighted by atomic mass is 10.0. The van der Waals surface area contributed by atoms with Crippen LogP contribution in [0.2, 0.25) is 0 Å². The van der Waals surface area contributed by atoms with Gasteiger partial charge >= 0.3 is 0 Å². The molecular weight excluding hydrogens is 406 g/mol. The maximum Gasteiger partial charge on any atom is 0.269 e. The van der Waals surface area contributed by atoms with Crippen molar-refractivity contribution >= 4 is 18.1 Å². The van der Waals surface area contributed by atoms with E-state index in [0.29, 0.717) is 23.8 Å². The lowest BCUT2D eigenvalue weighted by molar-refractivity contribution is -0.384. The molecule has 2 heterocycles. The molecule has 1 aromatic heterocycles. The van der Waals surface area contributed by atoms with Crippen molar-refractivity contribution in [2.45, 2.75) is 25.9 Å². The molecule has 1 aliphatic heterocycles. The van der Waals surface area contributed by atoms with Crippen LogP contribution < -0.4 is 5.32 Å². The number of aryl methyl sites for hydroxylation is 1. The summed E-state index contributed by atoms with van der Waals surface area (Å²) < 4.78 is 5.46. The van der Waals surface area contributed by atoms with E-state index in [-0.39, 0.29) is 24.1 Å². The number of hydrogen-bond donors (Lipinski definition) is 1. The van der Waals surface area contributed by atoms with Crippen LogP contribution in [0, 0.1) is 10.1 Å². The molecule has 3 aromatic rings. The fourth-order valence-corrected chi connectivity index (χ4v) is 3.58. The third-order valence-electron chi connectivity index (χ3n) is 5.27. The van der Waals surface area contributed by atoms with Crippen LogP contribution >= 0.6 is 12.4 Å². The SMILES string of the molecule is CCc1ccc(C2CNCCN2Cc2nc(-c3ccc([N+](=O)[O-])cc3)no2)cc1.Cl. The van der Waals surface area contributed by atoms with Crippen LogP contribution in [0.5, 0.6) is 0 Å². The molecule has 0 bridgehead atoms. The van der Waals surface area contributed by atoms with E-state index < -0.39 is 4.92 Å². The second-order valence-corrected chi connectivity index (χ2v) is 7.10. The number of hydrogen-bond acceptors (Lipinski definition) is 7. The molecule has 1 fully saturated rings. The van der Waals surface area contributed by atoms with Gasteiger partial charge in [0.1, 0.15) is 0 Å². The molecular formula is C21H24ClN5O3. The van der Waals surface area contributed by atoms with Gasteiger partial charge < -0.3 is 9.84 Å². The molecule has 1 unspecified atom stereocenters. The quantitative estimate of drug-likeness (QED) is 0.470. The first-order valence-corrected chi connectivity index (χ1v) is 9.75. The Kier molecular flexibility index (Phi) is 7.15. The molecule has 30 heavy (non-hydrogen) atoms. The molecule has 0 radical (unpaired) electrons. The molecule has 0 saturated carbocycles. The lowest BCUT2D eigenvalue weighted by Crippen LogP contribution is -2.45. The Morgan fingerprint density at radius 2 is 1.93 bits per heavy atom. The number of benzene rings is 2. The molecule has 1 aliphatic rings. The highest BCUT2D eigenvalue weighted by Crippen LogP contribution is 2.25. The first-order valence-electron chi connectivity index (χ1n) is 9.75. The highest BCUT2D eigenvalue weighted by atomic mass is 35.5. The van der Waals surface area contributed by atoms with Crippen LogP contribution in [0.25, 0.3) is 11.4 Å². The Hall–Kier alpha value is -2.81. The van der Waals surface area contributed by atoms with Gasteiger partial charge in [0.05, 0.1) is 11.5 Å². The number of piperazine rings is 1. The maximum absolute atomic E-state index is 10.8. The van der Waals surface area contributed by atoms with Gasteiger partial charge in [-0.15, -0.1) is 12.4 Å². The number of non-ortho nitro benzene ring substituents is 1. The fraction of sp³-hybridized carbons (Fsp3) is 0.333. The zero-order valence-electron chi connectivity index (χ0n) is 16.7. The van der Waals surface area contributed by atoms with Crippen molar-refractivity contribution in [2.75, 3.05) is 19.6 Å². The number of halogens is 1. The molecule has 0 spiro atoms. The Balaban J connectivity index is 0.00000256. The van der Waals surface area contributed by atoms with Crippen LogP contribution in [0.1, 0.15) is 30.0 Å². The van der Waals surface area contributed by atoms with Crippen LogP contribution in [0.3, 0.4) is 0 Å². The molecule has 1 N–H and O–H groups in total.